The van der Waals surface area contributed by atoms with Gasteiger partial charge in [-0.15, -0.1) is 11.3 Å². The maximum Gasteiger partial charge on any atom is 0.348 e. The van der Waals surface area contributed by atoms with Crippen LogP contribution in [0, 0.1) is 6.92 Å². The second kappa shape index (κ2) is 8.28. The molecule has 0 bridgehead atoms. The van der Waals surface area contributed by atoms with Crippen LogP contribution < -0.4 is 11.1 Å². The molecule has 0 atom stereocenters. The third-order valence-electron chi connectivity index (χ3n) is 2.89. The Labute approximate surface area is 136 Å². The first kappa shape index (κ1) is 18.6. The summed E-state index contributed by atoms with van der Waals surface area (Å²) in [4.78, 5) is 46.5. The van der Waals surface area contributed by atoms with E-state index in [-0.39, 0.29) is 34.9 Å². The fraction of sp³-hybridized carbons (Fsp3) is 0.429. The second-order valence-corrected chi connectivity index (χ2v) is 5.49. The Morgan fingerprint density at radius 1 is 1.22 bits per heavy atom. The van der Waals surface area contributed by atoms with E-state index in [1.54, 1.807) is 13.8 Å². The predicted octanol–water partition coefficient (Wildman–Crippen LogP) is 1.22. The van der Waals surface area contributed by atoms with Crippen LogP contribution in [0.1, 0.15) is 45.4 Å². The number of ether oxygens (including phenoxy) is 2. The van der Waals surface area contributed by atoms with Crippen LogP contribution in [0.15, 0.2) is 0 Å². The summed E-state index contributed by atoms with van der Waals surface area (Å²) in [7, 11) is 1.22. The van der Waals surface area contributed by atoms with Crippen molar-refractivity contribution in [2.75, 3.05) is 19.0 Å². The molecule has 0 aliphatic carbocycles. The first-order valence-electron chi connectivity index (χ1n) is 6.78. The molecule has 0 radical (unpaired) electrons. The standard InChI is InChI=1S/C14H18N2O6S/c1-4-22-14(20)11-7(2)10(12(15)19)13(23-11)16-8(17)5-6-9(18)21-3/h4-6H2,1-3H3,(H2,15,19)(H,16,17). The van der Waals surface area contributed by atoms with Gasteiger partial charge in [0.25, 0.3) is 5.91 Å². The Bertz CT molecular complexity index is 637. The first-order valence-corrected chi connectivity index (χ1v) is 7.60. The number of carbonyl (C=O) groups is 4. The number of amides is 2. The molecule has 8 nitrogen and oxygen atoms in total. The molecule has 1 aromatic heterocycles. The zero-order valence-electron chi connectivity index (χ0n) is 13.1. The van der Waals surface area contributed by atoms with Crippen molar-refractivity contribution in [1.82, 2.24) is 0 Å². The molecule has 0 spiro atoms. The number of esters is 2. The Hall–Kier alpha value is -2.42. The van der Waals surface area contributed by atoms with Crippen LogP contribution in [0.25, 0.3) is 0 Å². The third-order valence-corrected chi connectivity index (χ3v) is 4.08. The lowest BCUT2D eigenvalue weighted by Crippen LogP contribution is -2.18. The van der Waals surface area contributed by atoms with Crippen molar-refractivity contribution in [3.05, 3.63) is 16.0 Å². The fourth-order valence-corrected chi connectivity index (χ4v) is 2.92. The first-order chi connectivity index (χ1) is 10.8. The van der Waals surface area contributed by atoms with Gasteiger partial charge in [0.05, 0.1) is 25.7 Å². The molecule has 126 valence electrons. The van der Waals surface area contributed by atoms with E-state index < -0.39 is 23.8 Å². The lowest BCUT2D eigenvalue weighted by Gasteiger charge is -2.04. The molecule has 0 aliphatic heterocycles. The largest absolute Gasteiger partial charge is 0.469 e. The summed E-state index contributed by atoms with van der Waals surface area (Å²) in [5, 5.41) is 2.65. The molecule has 9 heteroatoms. The highest BCUT2D eigenvalue weighted by molar-refractivity contribution is 7.18. The van der Waals surface area contributed by atoms with Crippen molar-refractivity contribution in [3.63, 3.8) is 0 Å². The molecule has 0 saturated carbocycles. The lowest BCUT2D eigenvalue weighted by molar-refractivity contribution is -0.141. The van der Waals surface area contributed by atoms with Gasteiger partial charge in [0.2, 0.25) is 5.91 Å². The Morgan fingerprint density at radius 2 is 1.87 bits per heavy atom. The zero-order chi connectivity index (χ0) is 17.6. The van der Waals surface area contributed by atoms with E-state index >= 15 is 0 Å². The van der Waals surface area contributed by atoms with Gasteiger partial charge in [-0.25, -0.2) is 4.79 Å². The molecule has 3 N–H and O–H groups in total. The van der Waals surface area contributed by atoms with Crippen molar-refractivity contribution in [1.29, 1.82) is 0 Å². The zero-order valence-corrected chi connectivity index (χ0v) is 13.9. The van der Waals surface area contributed by atoms with Crippen LogP contribution >= 0.6 is 11.3 Å². The summed E-state index contributed by atoms with van der Waals surface area (Å²) in [6.07, 6.45) is -0.208. The number of methoxy groups -OCH3 is 1. The van der Waals surface area contributed by atoms with Gasteiger partial charge >= 0.3 is 11.9 Å². The van der Waals surface area contributed by atoms with Crippen LogP contribution in [0.4, 0.5) is 5.00 Å². The van der Waals surface area contributed by atoms with E-state index in [1.165, 1.54) is 7.11 Å². The fourth-order valence-electron chi connectivity index (χ4n) is 1.80. The number of thiophene rings is 1. The number of rotatable bonds is 7. The van der Waals surface area contributed by atoms with Gasteiger partial charge in [0.15, 0.2) is 0 Å². The van der Waals surface area contributed by atoms with E-state index in [2.05, 4.69) is 10.1 Å². The number of nitrogens with one attached hydrogen (secondary N) is 1. The molecule has 0 unspecified atom stereocenters. The van der Waals surface area contributed by atoms with Crippen LogP contribution in [0.3, 0.4) is 0 Å². The highest BCUT2D eigenvalue weighted by atomic mass is 32.1. The summed E-state index contributed by atoms with van der Waals surface area (Å²) in [6.45, 7) is 3.39. The minimum Gasteiger partial charge on any atom is -0.469 e. The van der Waals surface area contributed by atoms with E-state index in [0.29, 0.717) is 5.56 Å². The smallest absolute Gasteiger partial charge is 0.348 e. The molecule has 1 aromatic rings. The number of nitrogens with two attached hydrogens (primary N) is 1. The molecule has 1 rings (SSSR count). The monoisotopic (exact) mass is 342 g/mol. The molecule has 0 aliphatic rings. The van der Waals surface area contributed by atoms with Crippen molar-refractivity contribution < 1.29 is 28.7 Å². The van der Waals surface area contributed by atoms with Crippen LogP contribution in [-0.4, -0.2) is 37.5 Å². The van der Waals surface area contributed by atoms with Crippen molar-refractivity contribution in [3.8, 4) is 0 Å². The molecular weight excluding hydrogens is 324 g/mol. The van der Waals surface area contributed by atoms with Gasteiger partial charge in [-0.05, 0) is 19.4 Å². The highest BCUT2D eigenvalue weighted by Crippen LogP contribution is 2.33. The molecule has 1 heterocycles. The lowest BCUT2D eigenvalue weighted by atomic mass is 10.1. The van der Waals surface area contributed by atoms with Crippen LogP contribution in [-0.2, 0) is 19.1 Å². The van der Waals surface area contributed by atoms with Gasteiger partial charge in [-0.3, -0.25) is 14.4 Å². The summed E-state index contributed by atoms with van der Waals surface area (Å²) in [5.41, 5.74) is 5.72. The van der Waals surface area contributed by atoms with Gasteiger partial charge in [-0.1, -0.05) is 0 Å². The summed E-state index contributed by atoms with van der Waals surface area (Å²) in [5.74, 6) is -2.37. The Morgan fingerprint density at radius 3 is 2.39 bits per heavy atom. The van der Waals surface area contributed by atoms with Gasteiger partial charge in [-0.2, -0.15) is 0 Å². The molecule has 2 amide bonds. The maximum atomic E-state index is 11.9. The van der Waals surface area contributed by atoms with Gasteiger partial charge in [0.1, 0.15) is 9.88 Å². The van der Waals surface area contributed by atoms with Gasteiger partial charge < -0.3 is 20.5 Å². The van der Waals surface area contributed by atoms with Crippen LogP contribution in [0.5, 0.6) is 0 Å². The Balaban J connectivity index is 2.99. The van der Waals surface area contributed by atoms with E-state index in [1.807, 2.05) is 0 Å². The number of carbonyl (C=O) groups excluding carboxylic acids is 4. The number of primary amides is 1. The molecule has 0 fully saturated rings. The molecule has 23 heavy (non-hydrogen) atoms. The minimum atomic E-state index is -0.766. The minimum absolute atomic E-state index is 0.0597. The average molecular weight is 342 g/mol. The summed E-state index contributed by atoms with van der Waals surface area (Å²) < 4.78 is 9.34. The van der Waals surface area contributed by atoms with E-state index in [0.717, 1.165) is 11.3 Å². The van der Waals surface area contributed by atoms with Crippen LogP contribution in [0.2, 0.25) is 0 Å². The normalized spacial score (nSPS) is 10.0. The second-order valence-electron chi connectivity index (χ2n) is 4.47. The summed E-state index contributed by atoms with van der Waals surface area (Å²) >= 11 is 0.907. The summed E-state index contributed by atoms with van der Waals surface area (Å²) in [6, 6.07) is 0. The van der Waals surface area contributed by atoms with Crippen molar-refractivity contribution in [2.24, 2.45) is 5.73 Å². The van der Waals surface area contributed by atoms with E-state index in [4.69, 9.17) is 10.5 Å². The quantitative estimate of drug-likeness (QED) is 0.718. The predicted molar refractivity (Wildman–Crippen MR) is 83.4 cm³/mol. The van der Waals surface area contributed by atoms with Crippen molar-refractivity contribution in [2.45, 2.75) is 26.7 Å². The third kappa shape index (κ3) is 4.78. The average Bonchev–Trinajstić information content (AvgIpc) is 2.81. The molecule has 0 aromatic carbocycles. The number of hydrogen-bond donors (Lipinski definition) is 2. The SMILES string of the molecule is CCOC(=O)c1sc(NC(=O)CCC(=O)OC)c(C(N)=O)c1C. The van der Waals surface area contributed by atoms with Gasteiger partial charge in [0, 0.05) is 6.42 Å². The number of anilines is 1. The maximum absolute atomic E-state index is 11.9. The number of hydrogen-bond acceptors (Lipinski definition) is 7. The highest BCUT2D eigenvalue weighted by Gasteiger charge is 2.25. The van der Waals surface area contributed by atoms with Crippen molar-refractivity contribution >= 4 is 40.1 Å². The Kier molecular flexibility index (Phi) is 6.70. The molecule has 0 saturated heterocycles. The topological polar surface area (TPSA) is 125 Å². The molecular formula is C14H18N2O6S. The van der Waals surface area contributed by atoms with E-state index in [9.17, 15) is 19.2 Å².